The Labute approximate surface area is 124 Å². The molecule has 0 atom stereocenters. The number of anilines is 2. The number of carbonyl (C=O) groups excluding carboxylic acids is 2. The Morgan fingerprint density at radius 2 is 2.00 bits per heavy atom. The molecule has 0 radical (unpaired) electrons. The van der Waals surface area contributed by atoms with Crippen LogP contribution < -0.4 is 22.1 Å². The third-order valence-electron chi connectivity index (χ3n) is 3.43. The Morgan fingerprint density at radius 1 is 1.24 bits per heavy atom. The van der Waals surface area contributed by atoms with Crippen LogP contribution in [0.3, 0.4) is 0 Å². The van der Waals surface area contributed by atoms with Gasteiger partial charge < -0.3 is 26.7 Å². The van der Waals surface area contributed by atoms with Crippen molar-refractivity contribution < 1.29 is 9.59 Å². The van der Waals surface area contributed by atoms with Gasteiger partial charge in [0.1, 0.15) is 15.7 Å². The summed E-state index contributed by atoms with van der Waals surface area (Å²) in [6.07, 6.45) is 3.63. The van der Waals surface area contributed by atoms with E-state index in [2.05, 4.69) is 4.98 Å². The number of imidazole rings is 1. The van der Waals surface area contributed by atoms with Gasteiger partial charge in [0.25, 0.3) is 11.8 Å². The molecule has 2 amide bonds. The van der Waals surface area contributed by atoms with E-state index in [1.807, 2.05) is 15.7 Å². The van der Waals surface area contributed by atoms with E-state index in [-0.39, 0.29) is 16.1 Å². The minimum atomic E-state index is -0.667. The zero-order chi connectivity index (χ0) is 15.1. The summed E-state index contributed by atoms with van der Waals surface area (Å²) in [4.78, 5) is 29.4. The molecule has 21 heavy (non-hydrogen) atoms. The molecule has 3 rings (SSSR count). The fourth-order valence-corrected chi connectivity index (χ4v) is 3.53. The monoisotopic (exact) mass is 306 g/mol. The number of aromatic nitrogens is 2. The lowest BCUT2D eigenvalue weighted by molar-refractivity contribution is 0.0999. The molecule has 110 valence electrons. The zero-order valence-electron chi connectivity index (χ0n) is 11.1. The van der Waals surface area contributed by atoms with Crippen molar-refractivity contribution in [2.24, 2.45) is 11.5 Å². The number of thiophene rings is 1. The molecule has 0 bridgehead atoms. The molecule has 2 aromatic rings. The van der Waals surface area contributed by atoms with Crippen molar-refractivity contribution in [3.05, 3.63) is 28.7 Å². The van der Waals surface area contributed by atoms with Gasteiger partial charge in [-0.1, -0.05) is 0 Å². The average Bonchev–Trinajstić information content (AvgIpc) is 3.01. The van der Waals surface area contributed by atoms with Crippen LogP contribution in [-0.4, -0.2) is 27.9 Å². The summed E-state index contributed by atoms with van der Waals surface area (Å²) in [6.45, 7) is 1.92. The minimum absolute atomic E-state index is 0.0592. The second-order valence-corrected chi connectivity index (χ2v) is 5.71. The van der Waals surface area contributed by atoms with E-state index >= 15 is 0 Å². The van der Waals surface area contributed by atoms with Gasteiger partial charge in [0.2, 0.25) is 0 Å². The predicted molar refractivity (Wildman–Crippen MR) is 79.0 cm³/mol. The lowest BCUT2D eigenvalue weighted by Gasteiger charge is -2.28. The molecule has 3 heterocycles. The SMILES string of the molecule is NC(=O)c1sc(N2CCn3ccnc3C2)c(C(N)=O)c1N. The smallest absolute Gasteiger partial charge is 0.260 e. The van der Waals surface area contributed by atoms with Crippen LogP contribution in [0.5, 0.6) is 0 Å². The van der Waals surface area contributed by atoms with Gasteiger partial charge in [-0.05, 0) is 0 Å². The highest BCUT2D eigenvalue weighted by Gasteiger charge is 2.28. The highest BCUT2D eigenvalue weighted by molar-refractivity contribution is 7.19. The van der Waals surface area contributed by atoms with Crippen molar-refractivity contribution in [3.8, 4) is 0 Å². The van der Waals surface area contributed by atoms with Gasteiger partial charge in [0.05, 0.1) is 17.8 Å². The van der Waals surface area contributed by atoms with Crippen LogP contribution in [0.1, 0.15) is 25.9 Å². The summed E-state index contributed by atoms with van der Waals surface area (Å²) < 4.78 is 2.03. The summed E-state index contributed by atoms with van der Waals surface area (Å²) in [5.74, 6) is -0.450. The van der Waals surface area contributed by atoms with Crippen LogP contribution in [0.25, 0.3) is 0 Å². The van der Waals surface area contributed by atoms with Crippen molar-refractivity contribution in [3.63, 3.8) is 0 Å². The van der Waals surface area contributed by atoms with Crippen molar-refractivity contribution in [1.82, 2.24) is 9.55 Å². The van der Waals surface area contributed by atoms with Crippen LogP contribution in [0.4, 0.5) is 10.7 Å². The number of carbonyl (C=O) groups is 2. The molecule has 8 nitrogen and oxygen atoms in total. The molecular weight excluding hydrogens is 292 g/mol. The highest BCUT2D eigenvalue weighted by Crippen LogP contribution is 2.39. The Bertz CT molecular complexity index is 734. The molecule has 6 N–H and O–H groups in total. The van der Waals surface area contributed by atoms with Gasteiger partial charge >= 0.3 is 0 Å². The fraction of sp³-hybridized carbons (Fsp3) is 0.250. The number of primary amides is 2. The molecule has 0 aromatic carbocycles. The molecule has 1 aliphatic heterocycles. The Morgan fingerprint density at radius 3 is 2.67 bits per heavy atom. The van der Waals surface area contributed by atoms with E-state index in [1.54, 1.807) is 6.20 Å². The lowest BCUT2D eigenvalue weighted by atomic mass is 10.2. The highest BCUT2D eigenvalue weighted by atomic mass is 32.1. The summed E-state index contributed by atoms with van der Waals surface area (Å²) in [5, 5.41) is 0.572. The van der Waals surface area contributed by atoms with E-state index in [0.717, 1.165) is 23.7 Å². The molecule has 0 spiro atoms. The summed E-state index contributed by atoms with van der Waals surface area (Å²) in [5.41, 5.74) is 16.8. The quantitative estimate of drug-likeness (QED) is 0.718. The second kappa shape index (κ2) is 4.77. The molecule has 0 fully saturated rings. The van der Waals surface area contributed by atoms with Crippen LogP contribution in [-0.2, 0) is 13.1 Å². The lowest BCUT2D eigenvalue weighted by Crippen LogP contribution is -2.34. The normalized spacial score (nSPS) is 14.0. The number of nitrogen functional groups attached to an aromatic ring is 1. The van der Waals surface area contributed by atoms with Crippen LogP contribution in [0, 0.1) is 0 Å². The Hall–Kier alpha value is -2.55. The fourth-order valence-electron chi connectivity index (χ4n) is 2.42. The third kappa shape index (κ3) is 2.11. The van der Waals surface area contributed by atoms with Gasteiger partial charge in [-0.25, -0.2) is 4.98 Å². The second-order valence-electron chi connectivity index (χ2n) is 4.71. The van der Waals surface area contributed by atoms with E-state index in [4.69, 9.17) is 17.2 Å². The van der Waals surface area contributed by atoms with Gasteiger partial charge in [-0.15, -0.1) is 11.3 Å². The molecular formula is C12H14N6O2S. The number of rotatable bonds is 3. The van der Waals surface area contributed by atoms with Crippen LogP contribution in [0.15, 0.2) is 12.4 Å². The zero-order valence-corrected chi connectivity index (χ0v) is 11.9. The van der Waals surface area contributed by atoms with Crippen molar-refractivity contribution in [2.45, 2.75) is 13.1 Å². The molecule has 9 heteroatoms. The first kappa shape index (κ1) is 13.4. The van der Waals surface area contributed by atoms with Gasteiger partial charge in [-0.3, -0.25) is 9.59 Å². The number of hydrogen-bond donors (Lipinski definition) is 3. The molecule has 0 saturated carbocycles. The first-order chi connectivity index (χ1) is 9.99. The largest absolute Gasteiger partial charge is 0.397 e. The maximum atomic E-state index is 11.7. The summed E-state index contributed by atoms with van der Waals surface area (Å²) >= 11 is 1.09. The van der Waals surface area contributed by atoms with E-state index in [0.29, 0.717) is 18.1 Å². The minimum Gasteiger partial charge on any atom is -0.397 e. The third-order valence-corrected chi connectivity index (χ3v) is 4.71. The maximum absolute atomic E-state index is 11.7. The van der Waals surface area contributed by atoms with Gasteiger partial charge in [-0.2, -0.15) is 0 Å². The standard InChI is InChI=1S/C12H14N6O2S/c13-8-7(10(14)19)12(21-9(8)11(15)20)18-4-3-17-2-1-16-6(17)5-18/h1-2H,3-5,13H2,(H2,14,19)(H2,15,20). The molecule has 0 saturated heterocycles. The number of nitrogens with two attached hydrogens (primary N) is 3. The number of nitrogens with zero attached hydrogens (tertiary/aromatic N) is 3. The molecule has 0 unspecified atom stereocenters. The molecule has 1 aliphatic rings. The summed E-state index contributed by atoms with van der Waals surface area (Å²) in [6, 6.07) is 0. The van der Waals surface area contributed by atoms with Crippen molar-refractivity contribution in [2.75, 3.05) is 17.2 Å². The van der Waals surface area contributed by atoms with Crippen LogP contribution >= 0.6 is 11.3 Å². The molecule has 0 aliphatic carbocycles. The number of hydrogen-bond acceptors (Lipinski definition) is 6. The van der Waals surface area contributed by atoms with Crippen molar-refractivity contribution in [1.29, 1.82) is 0 Å². The van der Waals surface area contributed by atoms with E-state index < -0.39 is 11.8 Å². The van der Waals surface area contributed by atoms with E-state index in [9.17, 15) is 9.59 Å². The van der Waals surface area contributed by atoms with Crippen LogP contribution in [0.2, 0.25) is 0 Å². The first-order valence-electron chi connectivity index (χ1n) is 6.26. The maximum Gasteiger partial charge on any atom is 0.260 e. The molecule has 2 aromatic heterocycles. The first-order valence-corrected chi connectivity index (χ1v) is 7.07. The van der Waals surface area contributed by atoms with Crippen molar-refractivity contribution >= 4 is 33.8 Å². The number of fused-ring (bicyclic) bond motifs is 1. The number of amides is 2. The van der Waals surface area contributed by atoms with E-state index in [1.165, 1.54) is 0 Å². The topological polar surface area (TPSA) is 133 Å². The average molecular weight is 306 g/mol. The Balaban J connectivity index is 2.05. The van der Waals surface area contributed by atoms with Gasteiger partial charge in [0, 0.05) is 25.5 Å². The predicted octanol–water partition coefficient (Wildman–Crippen LogP) is -0.255. The summed E-state index contributed by atoms with van der Waals surface area (Å²) in [7, 11) is 0. The van der Waals surface area contributed by atoms with Gasteiger partial charge in [0.15, 0.2) is 0 Å². The Kier molecular flexibility index (Phi) is 3.05.